The van der Waals surface area contributed by atoms with Gasteiger partial charge in [0.1, 0.15) is 5.75 Å². The molecule has 2 aromatic carbocycles. The smallest absolute Gasteiger partial charge is 0.261 e. The molecule has 144 valence electrons. The van der Waals surface area contributed by atoms with E-state index in [1.165, 1.54) is 12.8 Å². The molecule has 0 heterocycles. The highest BCUT2D eigenvalue weighted by atomic mass is 35.5. The van der Waals surface area contributed by atoms with E-state index in [1.54, 1.807) is 36.4 Å². The van der Waals surface area contributed by atoms with Gasteiger partial charge in [0.2, 0.25) is 0 Å². The zero-order valence-electron chi connectivity index (χ0n) is 15.1. The van der Waals surface area contributed by atoms with Crippen LogP contribution in [0.25, 0.3) is 0 Å². The minimum atomic E-state index is -0.336. The molecule has 0 aromatic heterocycles. The molecule has 0 saturated carbocycles. The Hall–Kier alpha value is -1.82. The van der Waals surface area contributed by atoms with Crippen LogP contribution in [0.5, 0.6) is 5.75 Å². The van der Waals surface area contributed by atoms with E-state index in [9.17, 15) is 4.79 Å². The molecule has 0 aliphatic carbocycles. The van der Waals surface area contributed by atoms with Crippen molar-refractivity contribution in [2.45, 2.75) is 32.6 Å². The Kier molecular flexibility index (Phi) is 8.85. The van der Waals surface area contributed by atoms with Crippen molar-refractivity contribution in [1.82, 2.24) is 5.32 Å². The Morgan fingerprint density at radius 3 is 2.59 bits per heavy atom. The van der Waals surface area contributed by atoms with Crippen molar-refractivity contribution in [3.05, 3.63) is 58.1 Å². The number of para-hydroxylation sites is 1. The first-order valence-electron chi connectivity index (χ1n) is 8.80. The molecule has 0 saturated heterocycles. The van der Waals surface area contributed by atoms with Crippen molar-refractivity contribution < 1.29 is 9.53 Å². The minimum absolute atomic E-state index is 0.163. The average Bonchev–Trinajstić information content (AvgIpc) is 2.65. The Balaban J connectivity index is 1.94. The first kappa shape index (κ1) is 21.5. The molecule has 2 aromatic rings. The summed E-state index contributed by atoms with van der Waals surface area (Å²) in [5, 5.41) is 6.58. The maximum Gasteiger partial charge on any atom is 0.261 e. The number of rotatable bonds is 8. The fourth-order valence-electron chi connectivity index (χ4n) is 2.40. The van der Waals surface area contributed by atoms with E-state index in [0.29, 0.717) is 33.7 Å². The highest BCUT2D eigenvalue weighted by molar-refractivity contribution is 7.80. The van der Waals surface area contributed by atoms with E-state index in [4.69, 9.17) is 40.2 Å². The first-order valence-corrected chi connectivity index (χ1v) is 9.97. The summed E-state index contributed by atoms with van der Waals surface area (Å²) in [6.07, 6.45) is 4.42. The monoisotopic (exact) mass is 424 g/mol. The van der Waals surface area contributed by atoms with Crippen molar-refractivity contribution in [3.8, 4) is 5.75 Å². The molecule has 2 N–H and O–H groups in total. The molecule has 27 heavy (non-hydrogen) atoms. The number of amides is 1. The van der Waals surface area contributed by atoms with Gasteiger partial charge < -0.3 is 10.1 Å². The number of ether oxygens (including phenoxy) is 1. The predicted molar refractivity (Wildman–Crippen MR) is 116 cm³/mol. The number of hydrogen-bond donors (Lipinski definition) is 2. The third-order valence-corrected chi connectivity index (χ3v) is 4.73. The zero-order valence-corrected chi connectivity index (χ0v) is 17.4. The second kappa shape index (κ2) is 11.1. The number of halogens is 2. The summed E-state index contributed by atoms with van der Waals surface area (Å²) >= 11 is 17.1. The lowest BCUT2D eigenvalue weighted by atomic mass is 10.2. The maximum absolute atomic E-state index is 12.6. The van der Waals surface area contributed by atoms with Crippen molar-refractivity contribution in [1.29, 1.82) is 0 Å². The molecule has 2 rings (SSSR count). The summed E-state index contributed by atoms with van der Waals surface area (Å²) in [5.74, 6) is 0.209. The summed E-state index contributed by atoms with van der Waals surface area (Å²) in [4.78, 5) is 12.6. The van der Waals surface area contributed by atoms with Crippen LogP contribution < -0.4 is 15.4 Å². The van der Waals surface area contributed by atoms with Gasteiger partial charge in [-0.05, 0) is 49.0 Å². The largest absolute Gasteiger partial charge is 0.493 e. The normalized spacial score (nSPS) is 10.3. The predicted octanol–water partition coefficient (Wildman–Crippen LogP) is 6.08. The Labute approximate surface area is 175 Å². The topological polar surface area (TPSA) is 50.4 Å². The Morgan fingerprint density at radius 1 is 1.07 bits per heavy atom. The van der Waals surface area contributed by atoms with Crippen LogP contribution in [0.4, 0.5) is 5.69 Å². The SMILES string of the molecule is CCCCCCOc1ccccc1C(=O)NC(=S)Nc1ccc(Cl)c(Cl)c1. The zero-order chi connectivity index (χ0) is 19.6. The number of benzene rings is 2. The number of carbonyl (C=O) groups excluding carboxylic acids is 1. The molecule has 0 spiro atoms. The number of nitrogens with one attached hydrogen (secondary N) is 2. The van der Waals surface area contributed by atoms with Crippen molar-refractivity contribution in [2.75, 3.05) is 11.9 Å². The number of carbonyl (C=O) groups is 1. The molecule has 1 amide bonds. The van der Waals surface area contributed by atoms with E-state index in [-0.39, 0.29) is 11.0 Å². The molecular weight excluding hydrogens is 403 g/mol. The van der Waals surface area contributed by atoms with Gasteiger partial charge >= 0.3 is 0 Å². The molecule has 0 aliphatic heterocycles. The van der Waals surface area contributed by atoms with Gasteiger partial charge in [-0.1, -0.05) is 61.5 Å². The van der Waals surface area contributed by atoms with E-state index < -0.39 is 0 Å². The summed E-state index contributed by atoms with van der Waals surface area (Å²) in [6.45, 7) is 2.74. The minimum Gasteiger partial charge on any atom is -0.493 e. The fraction of sp³-hybridized carbons (Fsp3) is 0.300. The molecule has 0 fully saturated rings. The summed E-state index contributed by atoms with van der Waals surface area (Å²) in [7, 11) is 0. The van der Waals surface area contributed by atoms with Gasteiger partial charge in [0.05, 0.1) is 22.2 Å². The standard InChI is InChI=1S/C20H22Cl2N2O2S/c1-2-3-4-7-12-26-18-9-6-5-8-15(18)19(25)24-20(27)23-14-10-11-16(21)17(22)13-14/h5-6,8-11,13H,2-4,7,12H2,1H3,(H2,23,24,25,27). The second-order valence-corrected chi connectivity index (χ2v) is 7.17. The van der Waals surface area contributed by atoms with Crippen molar-refractivity contribution in [3.63, 3.8) is 0 Å². The van der Waals surface area contributed by atoms with E-state index >= 15 is 0 Å². The van der Waals surface area contributed by atoms with Crippen LogP contribution in [-0.4, -0.2) is 17.6 Å². The van der Waals surface area contributed by atoms with Crippen LogP contribution in [0.3, 0.4) is 0 Å². The average molecular weight is 425 g/mol. The number of anilines is 1. The van der Waals surface area contributed by atoms with Gasteiger partial charge in [-0.25, -0.2) is 0 Å². The number of hydrogen-bond acceptors (Lipinski definition) is 3. The van der Waals surface area contributed by atoms with Crippen molar-refractivity contribution in [2.24, 2.45) is 0 Å². The molecule has 0 unspecified atom stereocenters. The molecule has 7 heteroatoms. The number of unbranched alkanes of at least 4 members (excludes halogenated alkanes) is 3. The van der Waals surface area contributed by atoms with Gasteiger partial charge in [0.25, 0.3) is 5.91 Å². The van der Waals surface area contributed by atoms with E-state index in [0.717, 1.165) is 12.8 Å². The second-order valence-electron chi connectivity index (χ2n) is 5.94. The quantitative estimate of drug-likeness (QED) is 0.398. The molecule has 0 bridgehead atoms. The lowest BCUT2D eigenvalue weighted by Gasteiger charge is -2.13. The van der Waals surface area contributed by atoms with Crippen LogP contribution in [0.2, 0.25) is 10.0 Å². The third-order valence-electron chi connectivity index (χ3n) is 3.79. The molecule has 0 atom stereocenters. The summed E-state index contributed by atoms with van der Waals surface area (Å²) < 4.78 is 5.78. The van der Waals surface area contributed by atoms with Gasteiger partial charge in [-0.3, -0.25) is 10.1 Å². The fourth-order valence-corrected chi connectivity index (χ4v) is 2.91. The van der Waals surface area contributed by atoms with Crippen LogP contribution >= 0.6 is 35.4 Å². The van der Waals surface area contributed by atoms with Crippen LogP contribution in [0, 0.1) is 0 Å². The highest BCUT2D eigenvalue weighted by Crippen LogP contribution is 2.25. The van der Waals surface area contributed by atoms with Gasteiger partial charge in [-0.2, -0.15) is 0 Å². The summed E-state index contributed by atoms with van der Waals surface area (Å²) in [6, 6.07) is 12.1. The number of thiocarbonyl (C=S) groups is 1. The van der Waals surface area contributed by atoms with Crippen LogP contribution in [0.1, 0.15) is 43.0 Å². The van der Waals surface area contributed by atoms with Gasteiger partial charge in [0.15, 0.2) is 5.11 Å². The van der Waals surface area contributed by atoms with Crippen LogP contribution in [0.15, 0.2) is 42.5 Å². The molecule has 0 aliphatic rings. The van der Waals surface area contributed by atoms with Gasteiger partial charge in [-0.15, -0.1) is 0 Å². The first-order chi connectivity index (χ1) is 13.0. The molecular formula is C20H22Cl2N2O2S. The van der Waals surface area contributed by atoms with Crippen LogP contribution in [-0.2, 0) is 0 Å². The Morgan fingerprint density at radius 2 is 1.85 bits per heavy atom. The lowest BCUT2D eigenvalue weighted by molar-refractivity contribution is 0.0973. The molecule has 0 radical (unpaired) electrons. The van der Waals surface area contributed by atoms with Gasteiger partial charge in [0, 0.05) is 5.69 Å². The summed E-state index contributed by atoms with van der Waals surface area (Å²) in [5.41, 5.74) is 1.07. The van der Waals surface area contributed by atoms with Crippen molar-refractivity contribution >= 4 is 52.1 Å². The Bertz CT molecular complexity index is 799. The molecule has 4 nitrogen and oxygen atoms in total. The maximum atomic E-state index is 12.6. The van der Waals surface area contributed by atoms with E-state index in [2.05, 4.69) is 17.6 Å². The lowest BCUT2D eigenvalue weighted by Crippen LogP contribution is -2.34. The third kappa shape index (κ3) is 7.01. The van der Waals surface area contributed by atoms with E-state index in [1.807, 2.05) is 6.07 Å². The highest BCUT2D eigenvalue weighted by Gasteiger charge is 2.14.